The van der Waals surface area contributed by atoms with E-state index in [-0.39, 0.29) is 5.91 Å². The topological polar surface area (TPSA) is 76.4 Å². The average molecular weight is 392 g/mol. The van der Waals surface area contributed by atoms with Crippen molar-refractivity contribution in [1.29, 1.82) is 0 Å². The highest BCUT2D eigenvalue weighted by Crippen LogP contribution is 2.26. The van der Waals surface area contributed by atoms with Crippen molar-refractivity contribution < 1.29 is 9.53 Å². The summed E-state index contributed by atoms with van der Waals surface area (Å²) in [5.41, 5.74) is 3.40. The third-order valence-electron chi connectivity index (χ3n) is 5.19. The molecule has 1 aromatic carbocycles. The summed E-state index contributed by atoms with van der Waals surface area (Å²) < 4.78 is 7.09. The minimum atomic E-state index is -0.0503. The van der Waals surface area contributed by atoms with E-state index in [0.29, 0.717) is 37.8 Å². The van der Waals surface area contributed by atoms with Gasteiger partial charge in [-0.3, -0.25) is 9.48 Å². The first-order valence-electron chi connectivity index (χ1n) is 9.57. The first-order chi connectivity index (χ1) is 14.1. The Morgan fingerprint density at radius 2 is 1.79 bits per heavy atom. The second-order valence-corrected chi connectivity index (χ2v) is 7.05. The number of rotatable bonds is 4. The second-order valence-electron chi connectivity index (χ2n) is 7.05. The number of amides is 1. The van der Waals surface area contributed by atoms with Crippen LogP contribution in [0.4, 0.5) is 5.95 Å². The van der Waals surface area contributed by atoms with Gasteiger partial charge in [0.2, 0.25) is 5.95 Å². The van der Waals surface area contributed by atoms with Gasteiger partial charge in [0.15, 0.2) is 5.69 Å². The van der Waals surface area contributed by atoms with E-state index in [2.05, 4.69) is 20.0 Å². The van der Waals surface area contributed by atoms with Crippen molar-refractivity contribution >= 4 is 11.9 Å². The molecular weight excluding hydrogens is 368 g/mol. The zero-order valence-corrected chi connectivity index (χ0v) is 16.9. The Labute approximate surface area is 169 Å². The Kier molecular flexibility index (Phi) is 5.16. The van der Waals surface area contributed by atoms with Crippen LogP contribution >= 0.6 is 0 Å². The van der Waals surface area contributed by atoms with Gasteiger partial charge in [0.25, 0.3) is 5.91 Å². The largest absolute Gasteiger partial charge is 0.496 e. The van der Waals surface area contributed by atoms with E-state index in [9.17, 15) is 4.79 Å². The predicted molar refractivity (Wildman–Crippen MR) is 110 cm³/mol. The van der Waals surface area contributed by atoms with Crippen molar-refractivity contribution in [2.45, 2.75) is 6.92 Å². The first kappa shape index (κ1) is 18.9. The molecule has 1 amide bonds. The van der Waals surface area contributed by atoms with Gasteiger partial charge in [-0.15, -0.1) is 0 Å². The van der Waals surface area contributed by atoms with Crippen LogP contribution in [0.15, 0.2) is 42.7 Å². The maximum absolute atomic E-state index is 13.0. The molecule has 0 bridgehead atoms. The molecule has 0 saturated carbocycles. The van der Waals surface area contributed by atoms with Gasteiger partial charge in [0, 0.05) is 51.2 Å². The highest BCUT2D eigenvalue weighted by Gasteiger charge is 2.25. The van der Waals surface area contributed by atoms with Crippen LogP contribution in [0.2, 0.25) is 0 Å². The molecule has 0 spiro atoms. The molecule has 1 aliphatic rings. The molecule has 0 unspecified atom stereocenters. The van der Waals surface area contributed by atoms with Gasteiger partial charge in [-0.1, -0.05) is 0 Å². The van der Waals surface area contributed by atoms with E-state index in [1.807, 2.05) is 43.1 Å². The predicted octanol–water partition coefficient (Wildman–Crippen LogP) is 2.16. The molecule has 1 saturated heterocycles. The SMILES string of the molecule is COc1ccc(-c2cc(C(=O)N3CCN(c4ncccn4)CC3)nn2C)cc1C. The average Bonchev–Trinajstić information content (AvgIpc) is 3.15. The molecular formula is C21H24N6O2. The van der Waals surface area contributed by atoms with Crippen LogP contribution in [0.3, 0.4) is 0 Å². The Hall–Kier alpha value is -3.42. The molecule has 8 nitrogen and oxygen atoms in total. The zero-order valence-electron chi connectivity index (χ0n) is 16.9. The first-order valence-corrected chi connectivity index (χ1v) is 9.57. The van der Waals surface area contributed by atoms with Crippen LogP contribution in [0.1, 0.15) is 16.1 Å². The van der Waals surface area contributed by atoms with E-state index in [4.69, 9.17) is 4.74 Å². The summed E-state index contributed by atoms with van der Waals surface area (Å²) in [6, 6.07) is 9.62. The second kappa shape index (κ2) is 7.90. The van der Waals surface area contributed by atoms with Crippen molar-refractivity contribution in [2.24, 2.45) is 7.05 Å². The van der Waals surface area contributed by atoms with E-state index < -0.39 is 0 Å². The van der Waals surface area contributed by atoms with Crippen LogP contribution in [-0.4, -0.2) is 63.8 Å². The molecule has 1 aliphatic heterocycles. The van der Waals surface area contributed by atoms with E-state index in [1.165, 1.54) is 0 Å². The van der Waals surface area contributed by atoms with Crippen molar-refractivity contribution in [3.8, 4) is 17.0 Å². The van der Waals surface area contributed by atoms with E-state index in [0.717, 1.165) is 22.6 Å². The summed E-state index contributed by atoms with van der Waals surface area (Å²) in [5, 5.41) is 4.47. The lowest BCUT2D eigenvalue weighted by Crippen LogP contribution is -2.49. The summed E-state index contributed by atoms with van der Waals surface area (Å²) in [6.07, 6.45) is 3.46. The number of anilines is 1. The van der Waals surface area contributed by atoms with E-state index >= 15 is 0 Å². The summed E-state index contributed by atoms with van der Waals surface area (Å²) in [5.74, 6) is 1.49. The van der Waals surface area contributed by atoms with Crippen LogP contribution in [0, 0.1) is 6.92 Å². The number of nitrogens with zero attached hydrogens (tertiary/aromatic N) is 6. The molecule has 29 heavy (non-hydrogen) atoms. The van der Waals surface area contributed by atoms with Crippen LogP contribution < -0.4 is 9.64 Å². The van der Waals surface area contributed by atoms with E-state index in [1.54, 1.807) is 30.3 Å². The fourth-order valence-corrected chi connectivity index (χ4v) is 3.61. The third kappa shape index (κ3) is 3.78. The molecule has 4 rings (SSSR count). The summed E-state index contributed by atoms with van der Waals surface area (Å²) >= 11 is 0. The summed E-state index contributed by atoms with van der Waals surface area (Å²) in [7, 11) is 3.52. The number of piperazine rings is 1. The zero-order chi connectivity index (χ0) is 20.4. The van der Waals surface area contributed by atoms with Crippen LogP contribution in [0.25, 0.3) is 11.3 Å². The molecule has 8 heteroatoms. The van der Waals surface area contributed by atoms with Gasteiger partial charge in [-0.05, 0) is 42.8 Å². The Balaban J connectivity index is 1.48. The summed E-state index contributed by atoms with van der Waals surface area (Å²) in [6.45, 7) is 4.64. The Bertz CT molecular complexity index is 1010. The molecule has 2 aromatic heterocycles. The molecule has 0 radical (unpaired) electrons. The number of carbonyl (C=O) groups is 1. The van der Waals surface area contributed by atoms with Gasteiger partial charge >= 0.3 is 0 Å². The molecule has 0 N–H and O–H groups in total. The molecule has 150 valence electrons. The number of ether oxygens (including phenoxy) is 1. The van der Waals surface area contributed by atoms with Gasteiger partial charge in [0.05, 0.1) is 12.8 Å². The Morgan fingerprint density at radius 3 is 2.45 bits per heavy atom. The highest BCUT2D eigenvalue weighted by molar-refractivity contribution is 5.93. The highest BCUT2D eigenvalue weighted by atomic mass is 16.5. The van der Waals surface area contributed by atoms with Crippen molar-refractivity contribution in [3.63, 3.8) is 0 Å². The minimum absolute atomic E-state index is 0.0503. The normalized spacial score (nSPS) is 14.2. The van der Waals surface area contributed by atoms with Crippen LogP contribution in [-0.2, 0) is 7.05 Å². The maximum Gasteiger partial charge on any atom is 0.274 e. The van der Waals surface area contributed by atoms with Crippen molar-refractivity contribution in [2.75, 3.05) is 38.2 Å². The monoisotopic (exact) mass is 392 g/mol. The number of carbonyl (C=O) groups excluding carboxylic acids is 1. The molecule has 3 heterocycles. The number of hydrogen-bond donors (Lipinski definition) is 0. The minimum Gasteiger partial charge on any atom is -0.496 e. The number of aryl methyl sites for hydroxylation is 2. The fraction of sp³-hybridized carbons (Fsp3) is 0.333. The number of hydrogen-bond acceptors (Lipinski definition) is 6. The maximum atomic E-state index is 13.0. The standard InChI is InChI=1S/C21H24N6O2/c1-15-13-16(5-6-19(15)29-3)18-14-17(24-25(18)2)20(28)26-9-11-27(12-10-26)21-22-7-4-8-23-21/h4-8,13-14H,9-12H2,1-3H3. The quantitative estimate of drug-likeness (QED) is 0.677. The van der Waals surface area contributed by atoms with Gasteiger partial charge in [0.1, 0.15) is 5.75 Å². The van der Waals surface area contributed by atoms with Crippen molar-refractivity contribution in [1.82, 2.24) is 24.6 Å². The van der Waals surface area contributed by atoms with Crippen LogP contribution in [0.5, 0.6) is 5.75 Å². The Morgan fingerprint density at radius 1 is 1.07 bits per heavy atom. The number of benzene rings is 1. The van der Waals surface area contributed by atoms with Gasteiger partial charge < -0.3 is 14.5 Å². The molecule has 0 aliphatic carbocycles. The molecule has 3 aromatic rings. The summed E-state index contributed by atoms with van der Waals surface area (Å²) in [4.78, 5) is 25.5. The number of aromatic nitrogens is 4. The fourth-order valence-electron chi connectivity index (χ4n) is 3.61. The van der Waals surface area contributed by atoms with Gasteiger partial charge in [-0.25, -0.2) is 9.97 Å². The lowest BCUT2D eigenvalue weighted by molar-refractivity contribution is 0.0739. The van der Waals surface area contributed by atoms with Gasteiger partial charge in [-0.2, -0.15) is 5.10 Å². The smallest absolute Gasteiger partial charge is 0.274 e. The third-order valence-corrected chi connectivity index (χ3v) is 5.19. The number of methoxy groups -OCH3 is 1. The lowest BCUT2D eigenvalue weighted by Gasteiger charge is -2.34. The van der Waals surface area contributed by atoms with Crippen molar-refractivity contribution in [3.05, 3.63) is 54.0 Å². The molecule has 0 atom stereocenters. The lowest BCUT2D eigenvalue weighted by atomic mass is 10.1. The molecule has 1 fully saturated rings.